The topological polar surface area (TPSA) is 95.6 Å². The van der Waals surface area contributed by atoms with Crippen LogP contribution in [0, 0.1) is 5.92 Å². The van der Waals surface area contributed by atoms with Crippen LogP contribution in [0.3, 0.4) is 0 Å². The molecule has 2 N–H and O–H groups in total. The van der Waals surface area contributed by atoms with E-state index in [0.29, 0.717) is 40.0 Å². The molecule has 0 radical (unpaired) electrons. The standard InChI is InChI=1S/C27H25N3O4/c1-17(2)14-24(31)28-20-10-12-21(13-11-20)29-25(32)19-7-5-6-18(15-19)16-30-26(33)22-8-3-4-9-23(22)27(30)34/h3-13,15,17H,14,16H2,1-2H3,(H,28,31)(H,29,32). The van der Waals surface area contributed by atoms with Crippen LogP contribution in [0.25, 0.3) is 0 Å². The van der Waals surface area contributed by atoms with Gasteiger partial charge in [0.1, 0.15) is 0 Å². The normalized spacial score (nSPS) is 12.6. The Hall–Kier alpha value is -4.26. The quantitative estimate of drug-likeness (QED) is 0.504. The molecule has 1 heterocycles. The van der Waals surface area contributed by atoms with Gasteiger partial charge in [0.2, 0.25) is 5.91 Å². The van der Waals surface area contributed by atoms with Crippen molar-refractivity contribution in [2.24, 2.45) is 5.92 Å². The van der Waals surface area contributed by atoms with Gasteiger partial charge in [-0.25, -0.2) is 0 Å². The summed E-state index contributed by atoms with van der Waals surface area (Å²) in [6.45, 7) is 4.04. The van der Waals surface area contributed by atoms with Gasteiger partial charge in [0.05, 0.1) is 17.7 Å². The number of nitrogens with one attached hydrogen (secondary N) is 2. The molecule has 7 heteroatoms. The number of carbonyl (C=O) groups is 4. The van der Waals surface area contributed by atoms with Gasteiger partial charge in [0, 0.05) is 23.4 Å². The molecular weight excluding hydrogens is 430 g/mol. The van der Waals surface area contributed by atoms with Crippen molar-refractivity contribution in [2.45, 2.75) is 26.8 Å². The van der Waals surface area contributed by atoms with E-state index in [1.807, 2.05) is 13.8 Å². The Kier molecular flexibility index (Phi) is 6.54. The molecule has 0 atom stereocenters. The number of carbonyl (C=O) groups excluding carboxylic acids is 4. The summed E-state index contributed by atoms with van der Waals surface area (Å²) < 4.78 is 0. The van der Waals surface area contributed by atoms with Gasteiger partial charge in [-0.3, -0.25) is 24.1 Å². The Bertz CT molecular complexity index is 1230. The minimum absolute atomic E-state index is 0.0540. The highest BCUT2D eigenvalue weighted by molar-refractivity contribution is 6.21. The van der Waals surface area contributed by atoms with Crippen molar-refractivity contribution < 1.29 is 19.2 Å². The Morgan fingerprint density at radius 2 is 1.38 bits per heavy atom. The third-order valence-corrected chi connectivity index (χ3v) is 5.43. The minimum Gasteiger partial charge on any atom is -0.326 e. The van der Waals surface area contributed by atoms with E-state index in [1.54, 1.807) is 72.8 Å². The molecule has 0 saturated carbocycles. The van der Waals surface area contributed by atoms with Gasteiger partial charge in [-0.2, -0.15) is 0 Å². The summed E-state index contributed by atoms with van der Waals surface area (Å²) in [5.74, 6) is -0.777. The molecule has 1 aliphatic heterocycles. The molecule has 4 amide bonds. The summed E-state index contributed by atoms with van der Waals surface area (Å²) >= 11 is 0. The highest BCUT2D eigenvalue weighted by atomic mass is 16.2. The van der Waals surface area contributed by atoms with Crippen LogP contribution in [0.5, 0.6) is 0 Å². The first kappa shape index (κ1) is 22.9. The largest absolute Gasteiger partial charge is 0.326 e. The van der Waals surface area contributed by atoms with Gasteiger partial charge in [-0.1, -0.05) is 38.1 Å². The van der Waals surface area contributed by atoms with Crippen LogP contribution < -0.4 is 10.6 Å². The molecule has 3 aromatic carbocycles. The van der Waals surface area contributed by atoms with E-state index in [1.165, 1.54) is 4.90 Å². The lowest BCUT2D eigenvalue weighted by atomic mass is 10.1. The maximum absolute atomic E-state index is 12.8. The average Bonchev–Trinajstić information content (AvgIpc) is 3.05. The molecule has 0 bridgehead atoms. The Morgan fingerprint density at radius 3 is 1.97 bits per heavy atom. The van der Waals surface area contributed by atoms with Crippen molar-refractivity contribution >= 4 is 35.0 Å². The highest BCUT2D eigenvalue weighted by Gasteiger charge is 2.35. The summed E-state index contributed by atoms with van der Waals surface area (Å²) in [5.41, 5.74) is 3.11. The lowest BCUT2D eigenvalue weighted by Crippen LogP contribution is -2.29. The SMILES string of the molecule is CC(C)CC(=O)Nc1ccc(NC(=O)c2cccc(CN3C(=O)c4ccccc4C3=O)c2)cc1. The number of imide groups is 1. The van der Waals surface area contributed by atoms with Crippen molar-refractivity contribution in [2.75, 3.05) is 10.6 Å². The first-order chi connectivity index (χ1) is 16.3. The molecule has 7 nitrogen and oxygen atoms in total. The second-order valence-electron chi connectivity index (χ2n) is 8.62. The van der Waals surface area contributed by atoms with E-state index in [4.69, 9.17) is 0 Å². The number of rotatable bonds is 7. The fraction of sp³-hybridized carbons (Fsp3) is 0.185. The molecule has 3 aromatic rings. The summed E-state index contributed by atoms with van der Waals surface area (Å²) in [5, 5.41) is 5.65. The summed E-state index contributed by atoms with van der Waals surface area (Å²) in [6.07, 6.45) is 0.440. The van der Waals surface area contributed by atoms with Crippen LogP contribution in [0.1, 0.15) is 56.9 Å². The molecule has 0 aromatic heterocycles. The van der Waals surface area contributed by atoms with Crippen LogP contribution in [-0.2, 0) is 11.3 Å². The smallest absolute Gasteiger partial charge is 0.261 e. The molecule has 1 aliphatic rings. The molecular formula is C27H25N3O4. The zero-order valence-electron chi connectivity index (χ0n) is 19.0. The molecule has 34 heavy (non-hydrogen) atoms. The first-order valence-corrected chi connectivity index (χ1v) is 11.1. The van der Waals surface area contributed by atoms with E-state index in [0.717, 1.165) is 0 Å². The molecule has 4 rings (SSSR count). The number of hydrogen-bond acceptors (Lipinski definition) is 4. The number of anilines is 2. The maximum Gasteiger partial charge on any atom is 0.261 e. The number of benzene rings is 3. The molecule has 0 aliphatic carbocycles. The minimum atomic E-state index is -0.337. The Labute approximate surface area is 197 Å². The predicted molar refractivity (Wildman–Crippen MR) is 130 cm³/mol. The third-order valence-electron chi connectivity index (χ3n) is 5.43. The van der Waals surface area contributed by atoms with Gasteiger partial charge < -0.3 is 10.6 Å². The summed E-state index contributed by atoms with van der Waals surface area (Å²) in [7, 11) is 0. The second kappa shape index (κ2) is 9.70. The van der Waals surface area contributed by atoms with Crippen molar-refractivity contribution in [3.63, 3.8) is 0 Å². The van der Waals surface area contributed by atoms with E-state index < -0.39 is 0 Å². The Balaban J connectivity index is 1.40. The van der Waals surface area contributed by atoms with Crippen LogP contribution in [0.4, 0.5) is 11.4 Å². The van der Waals surface area contributed by atoms with E-state index in [9.17, 15) is 19.2 Å². The third kappa shape index (κ3) is 5.04. The first-order valence-electron chi connectivity index (χ1n) is 11.1. The lowest BCUT2D eigenvalue weighted by Gasteiger charge is -2.14. The van der Waals surface area contributed by atoms with Gasteiger partial charge in [-0.15, -0.1) is 0 Å². The summed E-state index contributed by atoms with van der Waals surface area (Å²) in [4.78, 5) is 51.1. The average molecular weight is 456 g/mol. The zero-order valence-corrected chi connectivity index (χ0v) is 19.0. The molecule has 0 spiro atoms. The van der Waals surface area contributed by atoms with Crippen molar-refractivity contribution in [3.05, 3.63) is 95.1 Å². The van der Waals surface area contributed by atoms with Crippen LogP contribution >= 0.6 is 0 Å². The van der Waals surface area contributed by atoms with Crippen molar-refractivity contribution in [3.8, 4) is 0 Å². The second-order valence-corrected chi connectivity index (χ2v) is 8.62. The van der Waals surface area contributed by atoms with Gasteiger partial charge >= 0.3 is 0 Å². The fourth-order valence-electron chi connectivity index (χ4n) is 3.80. The number of amides is 4. The monoisotopic (exact) mass is 455 g/mol. The van der Waals surface area contributed by atoms with Gasteiger partial charge in [0.25, 0.3) is 17.7 Å². The van der Waals surface area contributed by atoms with E-state index >= 15 is 0 Å². The van der Waals surface area contributed by atoms with Crippen molar-refractivity contribution in [1.82, 2.24) is 4.90 Å². The molecule has 0 unspecified atom stereocenters. The zero-order chi connectivity index (χ0) is 24.2. The predicted octanol–water partition coefficient (Wildman–Crippen LogP) is 4.72. The van der Waals surface area contributed by atoms with Crippen LogP contribution in [-0.4, -0.2) is 28.5 Å². The number of fused-ring (bicyclic) bond motifs is 1. The maximum atomic E-state index is 12.8. The van der Waals surface area contributed by atoms with E-state index in [-0.39, 0.29) is 36.1 Å². The van der Waals surface area contributed by atoms with Gasteiger partial charge in [0.15, 0.2) is 0 Å². The molecule has 0 fully saturated rings. The number of nitrogens with zero attached hydrogens (tertiary/aromatic N) is 1. The highest BCUT2D eigenvalue weighted by Crippen LogP contribution is 2.24. The summed E-state index contributed by atoms with van der Waals surface area (Å²) in [6, 6.07) is 20.4. The van der Waals surface area contributed by atoms with Crippen LogP contribution in [0.2, 0.25) is 0 Å². The number of hydrogen-bond donors (Lipinski definition) is 2. The van der Waals surface area contributed by atoms with Crippen molar-refractivity contribution in [1.29, 1.82) is 0 Å². The van der Waals surface area contributed by atoms with Crippen LogP contribution in [0.15, 0.2) is 72.8 Å². The molecule has 172 valence electrons. The van der Waals surface area contributed by atoms with E-state index in [2.05, 4.69) is 10.6 Å². The fourth-order valence-corrected chi connectivity index (χ4v) is 3.80. The Morgan fingerprint density at radius 1 is 0.794 bits per heavy atom. The molecule has 0 saturated heterocycles. The van der Waals surface area contributed by atoms with Gasteiger partial charge in [-0.05, 0) is 60.0 Å². The lowest BCUT2D eigenvalue weighted by molar-refractivity contribution is -0.116.